The van der Waals surface area contributed by atoms with Crippen molar-refractivity contribution in [3.8, 4) is 28.3 Å². The molecular weight excluding hydrogens is 472 g/mol. The van der Waals surface area contributed by atoms with Crippen LogP contribution < -0.4 is 5.69 Å². The molecule has 0 radical (unpaired) electrons. The van der Waals surface area contributed by atoms with E-state index in [0.717, 1.165) is 40.8 Å². The monoisotopic (exact) mass is 498 g/mol. The van der Waals surface area contributed by atoms with Crippen molar-refractivity contribution in [1.82, 2.24) is 39.3 Å². The molecule has 5 rings (SSSR count). The summed E-state index contributed by atoms with van der Waals surface area (Å²) in [5, 5.41) is 23.8. The maximum absolute atomic E-state index is 13.7. The molecule has 0 unspecified atom stereocenters. The molecule has 0 fully saturated rings. The minimum Gasteiger partial charge on any atom is -0.478 e. The zero-order chi connectivity index (χ0) is 25.9. The van der Waals surface area contributed by atoms with Crippen LogP contribution >= 0.6 is 0 Å². The van der Waals surface area contributed by atoms with Gasteiger partial charge in [-0.15, -0.1) is 10.2 Å². The number of carbonyl (C=O) groups is 1. The molecule has 11 nitrogen and oxygen atoms in total. The number of nitrogens with one attached hydrogen (secondary N) is 1. The fourth-order valence-corrected chi connectivity index (χ4v) is 4.48. The van der Waals surface area contributed by atoms with E-state index < -0.39 is 5.97 Å². The summed E-state index contributed by atoms with van der Waals surface area (Å²) in [5.41, 5.74) is 4.23. The van der Waals surface area contributed by atoms with Crippen molar-refractivity contribution < 1.29 is 9.90 Å². The number of unbranched alkanes of at least 4 members (excludes halogenated alkanes) is 1. The fourth-order valence-electron chi connectivity index (χ4n) is 4.48. The van der Waals surface area contributed by atoms with Crippen LogP contribution in [-0.4, -0.2) is 50.4 Å². The molecule has 0 atom stereocenters. The van der Waals surface area contributed by atoms with E-state index in [4.69, 9.17) is 0 Å². The standard InChI is InChI=1S/C26H26N8O3/c1-3-4-5-20-16-34(24-22(25(35)36)11-13-32(24)2)26(37)33(20)15-19-14-27-12-10-21(19)17-6-8-18(9-7-17)23-28-30-31-29-23/h6-14,16H,3-5,15H2,1-2H3,(H,35,36)(H,28,29,30,31). The van der Waals surface area contributed by atoms with E-state index in [2.05, 4.69) is 32.5 Å². The van der Waals surface area contributed by atoms with Gasteiger partial charge in [-0.2, -0.15) is 5.21 Å². The molecule has 0 aliphatic carbocycles. The molecule has 1 aromatic carbocycles. The molecule has 188 valence electrons. The first kappa shape index (κ1) is 23.9. The summed E-state index contributed by atoms with van der Waals surface area (Å²) in [6.45, 7) is 2.39. The molecule has 0 saturated heterocycles. The normalized spacial score (nSPS) is 11.2. The van der Waals surface area contributed by atoms with Gasteiger partial charge >= 0.3 is 11.7 Å². The number of carboxylic acid groups (broad SMARTS) is 1. The summed E-state index contributed by atoms with van der Waals surface area (Å²) in [6, 6.07) is 11.2. The molecule has 0 saturated carbocycles. The highest BCUT2D eigenvalue weighted by molar-refractivity contribution is 5.91. The van der Waals surface area contributed by atoms with E-state index in [1.165, 1.54) is 10.6 Å². The first-order chi connectivity index (χ1) is 18.0. The third-order valence-electron chi connectivity index (χ3n) is 6.38. The number of carboxylic acids is 1. The average molecular weight is 499 g/mol. The molecule has 0 aliphatic heterocycles. The van der Waals surface area contributed by atoms with Crippen LogP contribution in [-0.2, 0) is 20.0 Å². The van der Waals surface area contributed by atoms with E-state index >= 15 is 0 Å². The summed E-state index contributed by atoms with van der Waals surface area (Å²) < 4.78 is 4.80. The second kappa shape index (κ2) is 10.1. The number of H-pyrrole nitrogens is 1. The van der Waals surface area contributed by atoms with Crippen molar-refractivity contribution in [2.45, 2.75) is 32.7 Å². The molecule has 4 aromatic heterocycles. The molecule has 5 aromatic rings. The summed E-state index contributed by atoms with van der Waals surface area (Å²) >= 11 is 0. The molecule has 0 aliphatic rings. The first-order valence-corrected chi connectivity index (χ1v) is 11.9. The largest absolute Gasteiger partial charge is 0.478 e. The van der Waals surface area contributed by atoms with Crippen molar-refractivity contribution in [2.75, 3.05) is 0 Å². The summed E-state index contributed by atoms with van der Waals surface area (Å²) in [5.74, 6) is -0.238. The number of hydrogen-bond acceptors (Lipinski definition) is 6. The smallest absolute Gasteiger partial charge is 0.339 e. The molecule has 2 N–H and O–H groups in total. The van der Waals surface area contributed by atoms with E-state index in [1.54, 1.807) is 41.0 Å². The lowest BCUT2D eigenvalue weighted by atomic mass is 10.00. The maximum Gasteiger partial charge on any atom is 0.339 e. The Morgan fingerprint density at radius 2 is 1.89 bits per heavy atom. The molecule has 11 heteroatoms. The molecule has 0 bridgehead atoms. The Morgan fingerprint density at radius 1 is 1.11 bits per heavy atom. The van der Waals surface area contributed by atoms with Gasteiger partial charge in [-0.05, 0) is 46.9 Å². The number of aromatic carboxylic acids is 1. The second-order valence-electron chi connectivity index (χ2n) is 8.78. The number of aryl methyl sites for hydroxylation is 2. The maximum atomic E-state index is 13.7. The molecular formula is C26H26N8O3. The average Bonchev–Trinajstić information content (AvgIpc) is 3.64. The number of nitrogens with zero attached hydrogens (tertiary/aromatic N) is 7. The number of imidazole rings is 1. The fraction of sp³-hybridized carbons (Fsp3) is 0.231. The van der Waals surface area contributed by atoms with Gasteiger partial charge in [0.05, 0.1) is 6.54 Å². The lowest BCUT2D eigenvalue weighted by Crippen LogP contribution is -2.27. The number of tetrazole rings is 1. The SMILES string of the molecule is CCCCc1cn(-c2c(C(=O)O)ccn2C)c(=O)n1Cc1cnccc1-c1ccc(-c2nn[nH]n2)cc1. The minimum absolute atomic E-state index is 0.0764. The first-order valence-electron chi connectivity index (χ1n) is 11.9. The van der Waals surface area contributed by atoms with Gasteiger partial charge in [0.25, 0.3) is 0 Å². The van der Waals surface area contributed by atoms with Crippen LogP contribution in [0.5, 0.6) is 0 Å². The van der Waals surface area contributed by atoms with E-state index in [9.17, 15) is 14.7 Å². The second-order valence-corrected chi connectivity index (χ2v) is 8.78. The minimum atomic E-state index is -1.08. The van der Waals surface area contributed by atoms with Crippen LogP contribution in [0.3, 0.4) is 0 Å². The highest BCUT2D eigenvalue weighted by Crippen LogP contribution is 2.26. The summed E-state index contributed by atoms with van der Waals surface area (Å²) in [6.07, 6.45) is 9.46. The van der Waals surface area contributed by atoms with E-state index in [0.29, 0.717) is 24.6 Å². The van der Waals surface area contributed by atoms with Crippen LogP contribution in [0.1, 0.15) is 41.4 Å². The lowest BCUT2D eigenvalue weighted by molar-refractivity contribution is 0.0697. The van der Waals surface area contributed by atoms with Gasteiger partial charge in [0, 0.05) is 43.1 Å². The zero-order valence-electron chi connectivity index (χ0n) is 20.5. The third-order valence-corrected chi connectivity index (χ3v) is 6.38. The van der Waals surface area contributed by atoms with Crippen LogP contribution in [0, 0.1) is 0 Å². The van der Waals surface area contributed by atoms with Gasteiger partial charge in [-0.3, -0.25) is 14.1 Å². The lowest BCUT2D eigenvalue weighted by Gasteiger charge is -2.12. The summed E-state index contributed by atoms with van der Waals surface area (Å²) in [4.78, 5) is 29.8. The zero-order valence-corrected chi connectivity index (χ0v) is 20.5. The predicted molar refractivity (Wildman–Crippen MR) is 137 cm³/mol. The molecule has 0 amide bonds. The number of pyridine rings is 1. The van der Waals surface area contributed by atoms with Crippen molar-refractivity contribution in [1.29, 1.82) is 0 Å². The van der Waals surface area contributed by atoms with E-state index in [-0.39, 0.29) is 11.3 Å². The van der Waals surface area contributed by atoms with Crippen LogP contribution in [0.25, 0.3) is 28.3 Å². The highest BCUT2D eigenvalue weighted by Gasteiger charge is 2.21. The van der Waals surface area contributed by atoms with Crippen LogP contribution in [0.15, 0.2) is 66.0 Å². The van der Waals surface area contributed by atoms with Crippen LogP contribution in [0.2, 0.25) is 0 Å². The Bertz CT molecular complexity index is 1590. The van der Waals surface area contributed by atoms with Gasteiger partial charge in [0.1, 0.15) is 11.4 Å². The van der Waals surface area contributed by atoms with Crippen molar-refractivity contribution in [3.63, 3.8) is 0 Å². The Balaban J connectivity index is 1.56. The Labute approximate surface area is 212 Å². The van der Waals surface area contributed by atoms with Gasteiger partial charge in [-0.1, -0.05) is 37.6 Å². The third kappa shape index (κ3) is 4.58. The Hall–Kier alpha value is -4.80. The number of aromatic nitrogens is 8. The topological polar surface area (TPSA) is 137 Å². The van der Waals surface area contributed by atoms with Gasteiger partial charge < -0.3 is 9.67 Å². The molecule has 37 heavy (non-hydrogen) atoms. The van der Waals surface area contributed by atoms with Gasteiger partial charge in [0.15, 0.2) is 0 Å². The van der Waals surface area contributed by atoms with Crippen LogP contribution in [0.4, 0.5) is 0 Å². The predicted octanol–water partition coefficient (Wildman–Crippen LogP) is 3.31. The Morgan fingerprint density at radius 3 is 2.59 bits per heavy atom. The highest BCUT2D eigenvalue weighted by atomic mass is 16.4. The summed E-state index contributed by atoms with van der Waals surface area (Å²) in [7, 11) is 1.73. The van der Waals surface area contributed by atoms with Gasteiger partial charge in [-0.25, -0.2) is 9.59 Å². The molecule has 0 spiro atoms. The van der Waals surface area contributed by atoms with Crippen molar-refractivity contribution >= 4 is 5.97 Å². The Kier molecular flexibility index (Phi) is 6.50. The number of aromatic amines is 1. The van der Waals surface area contributed by atoms with E-state index in [1.807, 2.05) is 30.3 Å². The number of rotatable bonds is 9. The van der Waals surface area contributed by atoms with Crippen molar-refractivity contribution in [2.24, 2.45) is 7.05 Å². The van der Waals surface area contributed by atoms with Gasteiger partial charge in [0.2, 0.25) is 5.82 Å². The number of hydrogen-bond donors (Lipinski definition) is 2. The molecule has 4 heterocycles. The number of benzene rings is 1. The quantitative estimate of drug-likeness (QED) is 0.318. The van der Waals surface area contributed by atoms with Crippen molar-refractivity contribution in [3.05, 3.63) is 88.5 Å².